The van der Waals surface area contributed by atoms with Crippen molar-refractivity contribution in [1.29, 1.82) is 0 Å². The zero-order valence-electron chi connectivity index (χ0n) is 7.87. The number of aryl methyl sites for hydroxylation is 2. The second kappa shape index (κ2) is 3.47. The number of hydrogen-bond donors (Lipinski definition) is 2. The number of carbonyl (C=O) groups is 1. The number of nitrogen functional groups attached to an aromatic ring is 1. The van der Waals surface area contributed by atoms with Crippen molar-refractivity contribution in [2.75, 3.05) is 5.73 Å². The monoisotopic (exact) mass is 182 g/mol. The number of amides is 1. The number of aromatic nitrogens is 2. The van der Waals surface area contributed by atoms with Gasteiger partial charge in [0.2, 0.25) is 0 Å². The van der Waals surface area contributed by atoms with Crippen LogP contribution in [0.1, 0.15) is 29.9 Å². The fourth-order valence-corrected chi connectivity index (χ4v) is 1.28. The zero-order valence-corrected chi connectivity index (χ0v) is 7.87. The maximum absolute atomic E-state index is 11.0. The molecule has 0 aliphatic carbocycles. The summed E-state index contributed by atoms with van der Waals surface area (Å²) in [6.07, 6.45) is 0.662. The molecule has 13 heavy (non-hydrogen) atoms. The highest BCUT2D eigenvalue weighted by atomic mass is 16.1. The third-order valence-corrected chi connectivity index (χ3v) is 1.95. The van der Waals surface area contributed by atoms with Crippen LogP contribution in [0.3, 0.4) is 0 Å². The summed E-state index contributed by atoms with van der Waals surface area (Å²) in [6, 6.07) is 0. The third-order valence-electron chi connectivity index (χ3n) is 1.95. The van der Waals surface area contributed by atoms with Crippen LogP contribution in [-0.4, -0.2) is 15.7 Å². The Hall–Kier alpha value is -1.52. The van der Waals surface area contributed by atoms with E-state index >= 15 is 0 Å². The second-order valence-corrected chi connectivity index (χ2v) is 2.74. The van der Waals surface area contributed by atoms with E-state index in [9.17, 15) is 4.79 Å². The van der Waals surface area contributed by atoms with E-state index in [2.05, 4.69) is 5.10 Å². The number of hydrogen-bond acceptors (Lipinski definition) is 3. The molecule has 0 aliphatic rings. The normalized spacial score (nSPS) is 10.3. The molecule has 5 heteroatoms. The average molecular weight is 182 g/mol. The summed E-state index contributed by atoms with van der Waals surface area (Å²) in [5.41, 5.74) is 11.9. The van der Waals surface area contributed by atoms with Crippen molar-refractivity contribution in [1.82, 2.24) is 9.78 Å². The van der Waals surface area contributed by atoms with Crippen molar-refractivity contribution in [2.24, 2.45) is 5.73 Å². The molecule has 1 aromatic rings. The standard InChI is InChI=1S/C8H14N4O/c1-3-5-6(8(10)13)7(9)12(4-2)11-5/h3-4,9H2,1-2H3,(H2,10,13). The van der Waals surface area contributed by atoms with Gasteiger partial charge in [0, 0.05) is 6.54 Å². The number of nitrogens with zero attached hydrogens (tertiary/aromatic N) is 2. The first-order chi connectivity index (χ1) is 6.11. The van der Waals surface area contributed by atoms with Gasteiger partial charge in [-0.1, -0.05) is 6.92 Å². The molecule has 0 atom stereocenters. The van der Waals surface area contributed by atoms with Crippen molar-refractivity contribution in [2.45, 2.75) is 26.8 Å². The van der Waals surface area contributed by atoms with Gasteiger partial charge in [-0.3, -0.25) is 4.79 Å². The Morgan fingerprint density at radius 2 is 2.15 bits per heavy atom. The Kier molecular flexibility index (Phi) is 2.55. The van der Waals surface area contributed by atoms with Gasteiger partial charge in [0.1, 0.15) is 11.4 Å². The van der Waals surface area contributed by atoms with Crippen molar-refractivity contribution in [3.05, 3.63) is 11.3 Å². The van der Waals surface area contributed by atoms with Crippen LogP contribution < -0.4 is 11.5 Å². The number of primary amides is 1. The predicted molar refractivity (Wildman–Crippen MR) is 50.2 cm³/mol. The third kappa shape index (κ3) is 1.49. The van der Waals surface area contributed by atoms with Gasteiger partial charge in [0.15, 0.2) is 0 Å². The summed E-state index contributed by atoms with van der Waals surface area (Å²) in [5, 5.41) is 4.16. The lowest BCUT2D eigenvalue weighted by Gasteiger charge is -1.98. The van der Waals surface area contributed by atoms with E-state index in [4.69, 9.17) is 11.5 Å². The lowest BCUT2D eigenvalue weighted by atomic mass is 10.2. The number of nitrogens with two attached hydrogens (primary N) is 2. The Bertz CT molecular complexity index is 329. The maximum Gasteiger partial charge on any atom is 0.254 e. The fourth-order valence-electron chi connectivity index (χ4n) is 1.28. The molecule has 4 N–H and O–H groups in total. The van der Waals surface area contributed by atoms with Gasteiger partial charge in [-0.25, -0.2) is 4.68 Å². The first-order valence-corrected chi connectivity index (χ1v) is 4.26. The smallest absolute Gasteiger partial charge is 0.254 e. The molecule has 0 bridgehead atoms. The highest BCUT2D eigenvalue weighted by Crippen LogP contribution is 2.16. The van der Waals surface area contributed by atoms with Crippen LogP contribution in [0.4, 0.5) is 5.82 Å². The Balaban J connectivity index is 3.28. The minimum Gasteiger partial charge on any atom is -0.383 e. The molecular formula is C8H14N4O. The molecular weight excluding hydrogens is 168 g/mol. The summed E-state index contributed by atoms with van der Waals surface area (Å²) < 4.78 is 1.58. The van der Waals surface area contributed by atoms with Crippen molar-refractivity contribution >= 4 is 11.7 Å². The second-order valence-electron chi connectivity index (χ2n) is 2.74. The molecule has 1 aromatic heterocycles. The van der Waals surface area contributed by atoms with Gasteiger partial charge in [-0.05, 0) is 13.3 Å². The van der Waals surface area contributed by atoms with Gasteiger partial charge in [-0.2, -0.15) is 5.10 Å². The van der Waals surface area contributed by atoms with E-state index in [1.54, 1.807) is 4.68 Å². The molecule has 0 fully saturated rings. The van der Waals surface area contributed by atoms with Gasteiger partial charge >= 0.3 is 0 Å². The lowest BCUT2D eigenvalue weighted by Crippen LogP contribution is -2.15. The van der Waals surface area contributed by atoms with Crippen LogP contribution >= 0.6 is 0 Å². The number of carbonyl (C=O) groups excluding carboxylic acids is 1. The van der Waals surface area contributed by atoms with Crippen LogP contribution in [0, 0.1) is 0 Å². The van der Waals surface area contributed by atoms with E-state index in [1.807, 2.05) is 13.8 Å². The highest BCUT2D eigenvalue weighted by Gasteiger charge is 2.17. The fraction of sp³-hybridized carbons (Fsp3) is 0.500. The largest absolute Gasteiger partial charge is 0.383 e. The molecule has 5 nitrogen and oxygen atoms in total. The molecule has 1 rings (SSSR count). The van der Waals surface area contributed by atoms with Crippen LogP contribution in [0.5, 0.6) is 0 Å². The van der Waals surface area contributed by atoms with Gasteiger partial charge in [0.25, 0.3) is 5.91 Å². The molecule has 0 spiro atoms. The SMILES string of the molecule is CCc1nn(CC)c(N)c1C(N)=O. The first kappa shape index (κ1) is 9.57. The first-order valence-electron chi connectivity index (χ1n) is 4.26. The molecule has 0 unspecified atom stereocenters. The van der Waals surface area contributed by atoms with Gasteiger partial charge in [-0.15, -0.1) is 0 Å². The molecule has 0 aromatic carbocycles. The summed E-state index contributed by atoms with van der Waals surface area (Å²) in [5.74, 6) is -0.138. The molecule has 72 valence electrons. The molecule has 0 saturated carbocycles. The van der Waals surface area contributed by atoms with E-state index in [1.165, 1.54) is 0 Å². The molecule has 0 saturated heterocycles. The van der Waals surface area contributed by atoms with E-state index in [0.29, 0.717) is 30.0 Å². The van der Waals surface area contributed by atoms with Crippen LogP contribution in [0.2, 0.25) is 0 Å². The van der Waals surface area contributed by atoms with Gasteiger partial charge < -0.3 is 11.5 Å². The quantitative estimate of drug-likeness (QED) is 0.697. The number of anilines is 1. The molecule has 0 radical (unpaired) electrons. The molecule has 1 amide bonds. The van der Waals surface area contributed by atoms with E-state index in [0.717, 1.165) is 0 Å². The Labute approximate surface area is 76.7 Å². The Morgan fingerprint density at radius 1 is 1.54 bits per heavy atom. The average Bonchev–Trinajstić information content (AvgIpc) is 2.41. The molecule has 0 aliphatic heterocycles. The van der Waals surface area contributed by atoms with E-state index in [-0.39, 0.29) is 0 Å². The summed E-state index contributed by atoms with van der Waals surface area (Å²) in [7, 11) is 0. The zero-order chi connectivity index (χ0) is 10.0. The van der Waals surface area contributed by atoms with Crippen molar-refractivity contribution in [3.8, 4) is 0 Å². The van der Waals surface area contributed by atoms with Crippen LogP contribution in [-0.2, 0) is 13.0 Å². The Morgan fingerprint density at radius 3 is 2.46 bits per heavy atom. The predicted octanol–water partition coefficient (Wildman–Crippen LogP) is 0.147. The molecule has 1 heterocycles. The summed E-state index contributed by atoms with van der Waals surface area (Å²) in [6.45, 7) is 4.47. The minimum atomic E-state index is -0.506. The van der Waals surface area contributed by atoms with Crippen LogP contribution in [0.25, 0.3) is 0 Å². The lowest BCUT2D eigenvalue weighted by molar-refractivity contribution is 0.100. The summed E-state index contributed by atoms with van der Waals surface area (Å²) >= 11 is 0. The topological polar surface area (TPSA) is 86.9 Å². The minimum absolute atomic E-state index is 0.365. The highest BCUT2D eigenvalue weighted by molar-refractivity contribution is 5.98. The van der Waals surface area contributed by atoms with Crippen molar-refractivity contribution < 1.29 is 4.79 Å². The summed E-state index contributed by atoms with van der Waals surface area (Å²) in [4.78, 5) is 11.0. The van der Waals surface area contributed by atoms with E-state index < -0.39 is 5.91 Å². The van der Waals surface area contributed by atoms with Gasteiger partial charge in [0.05, 0.1) is 5.69 Å². The van der Waals surface area contributed by atoms with Crippen LogP contribution in [0.15, 0.2) is 0 Å². The van der Waals surface area contributed by atoms with Crippen molar-refractivity contribution in [3.63, 3.8) is 0 Å². The maximum atomic E-state index is 11.0. The number of rotatable bonds is 3.